The van der Waals surface area contributed by atoms with Gasteiger partial charge in [-0.3, -0.25) is 14.6 Å². The third-order valence-electron chi connectivity index (χ3n) is 5.67. The van der Waals surface area contributed by atoms with Crippen LogP contribution in [0.25, 0.3) is 11.0 Å². The molecule has 1 amide bonds. The molecule has 5 rings (SSSR count). The van der Waals surface area contributed by atoms with Gasteiger partial charge in [-0.1, -0.05) is 0 Å². The maximum Gasteiger partial charge on any atom is 0.293 e. The number of H-pyrrole nitrogens is 1. The molecule has 144 valence electrons. The van der Waals surface area contributed by atoms with E-state index in [0.717, 1.165) is 30.2 Å². The first-order valence-electron chi connectivity index (χ1n) is 9.40. The second kappa shape index (κ2) is 5.82. The number of nitrogens with one attached hydrogen (secondary N) is 3. The van der Waals surface area contributed by atoms with E-state index in [1.165, 1.54) is 6.33 Å². The van der Waals surface area contributed by atoms with Gasteiger partial charge in [0, 0.05) is 12.7 Å². The Balaban J connectivity index is 1.67. The van der Waals surface area contributed by atoms with Gasteiger partial charge in [0.15, 0.2) is 0 Å². The minimum absolute atomic E-state index is 0.211. The molecular weight excluding hydrogens is 358 g/mol. The molecule has 2 aliphatic heterocycles. The van der Waals surface area contributed by atoms with Gasteiger partial charge < -0.3 is 15.6 Å². The Hall–Kier alpha value is -3.36. The molecule has 0 radical (unpaired) electrons. The van der Waals surface area contributed by atoms with Crippen LogP contribution in [-0.2, 0) is 0 Å². The summed E-state index contributed by atoms with van der Waals surface area (Å²) < 4.78 is 1.55. The fourth-order valence-electron chi connectivity index (χ4n) is 4.28. The number of aromatic amines is 1. The van der Waals surface area contributed by atoms with E-state index in [4.69, 9.17) is 0 Å². The maximum absolute atomic E-state index is 13.4. The summed E-state index contributed by atoms with van der Waals surface area (Å²) in [6.45, 7) is 4.53. The number of piperidine rings is 1. The Morgan fingerprint density at radius 2 is 2.11 bits per heavy atom. The van der Waals surface area contributed by atoms with Gasteiger partial charge in [-0.05, 0) is 50.8 Å². The van der Waals surface area contributed by atoms with Crippen LogP contribution >= 0.6 is 0 Å². The first-order valence-corrected chi connectivity index (χ1v) is 9.40. The van der Waals surface area contributed by atoms with Crippen LogP contribution in [0.3, 0.4) is 0 Å². The summed E-state index contributed by atoms with van der Waals surface area (Å²) in [4.78, 5) is 37.7. The van der Waals surface area contributed by atoms with Gasteiger partial charge in [0.2, 0.25) is 0 Å². The van der Waals surface area contributed by atoms with Crippen LogP contribution in [0.4, 0.5) is 11.5 Å². The molecule has 0 unspecified atom stereocenters. The minimum Gasteiger partial charge on any atom is -0.346 e. The van der Waals surface area contributed by atoms with Crippen molar-refractivity contribution in [3.05, 3.63) is 46.3 Å². The smallest absolute Gasteiger partial charge is 0.293 e. The van der Waals surface area contributed by atoms with Gasteiger partial charge in [-0.25, -0.2) is 14.6 Å². The van der Waals surface area contributed by atoms with E-state index >= 15 is 0 Å². The molecule has 9 nitrogen and oxygen atoms in total. The summed E-state index contributed by atoms with van der Waals surface area (Å²) in [5, 5.41) is 9.02. The van der Waals surface area contributed by atoms with Crippen LogP contribution in [0, 0.1) is 6.92 Å². The fraction of sp³-hybridized carbons (Fsp3) is 0.368. The van der Waals surface area contributed by atoms with Crippen molar-refractivity contribution in [3.63, 3.8) is 0 Å². The zero-order valence-electron chi connectivity index (χ0n) is 15.7. The number of anilines is 2. The molecule has 3 aromatic rings. The van der Waals surface area contributed by atoms with Crippen molar-refractivity contribution in [3.8, 4) is 0 Å². The number of aryl methyl sites for hydroxylation is 1. The molecule has 3 N–H and O–H groups in total. The van der Waals surface area contributed by atoms with Gasteiger partial charge in [-0.15, -0.1) is 0 Å². The standard InChI is InChI=1S/C19H21N7O2/c1-11-9-13(23-16-12-5-7-20-15(12)21-10-22-16)18(28)26-14(11)17(27)24-19(2)6-3-4-8-25(19)26/h5,7,9-10H,3-4,6,8H2,1-2H3,(H,24,27)(H2,20,21,22,23)/t19-/m1/s1. The SMILES string of the molecule is Cc1cc(Nc2ncnc3[nH]ccc23)c(=O)n2c1C(=O)N[C@@]1(C)CCCCN21. The first kappa shape index (κ1) is 16.8. The number of pyridine rings is 1. The highest BCUT2D eigenvalue weighted by Gasteiger charge is 2.43. The molecule has 5 heterocycles. The number of hydrogen-bond acceptors (Lipinski definition) is 6. The molecule has 0 aliphatic carbocycles. The highest BCUT2D eigenvalue weighted by atomic mass is 16.2. The Labute approximate surface area is 160 Å². The van der Waals surface area contributed by atoms with E-state index in [2.05, 4.69) is 25.6 Å². The van der Waals surface area contributed by atoms with Gasteiger partial charge in [0.25, 0.3) is 11.5 Å². The third-order valence-corrected chi connectivity index (χ3v) is 5.67. The number of fused-ring (bicyclic) bond motifs is 4. The number of nitrogens with zero attached hydrogens (tertiary/aromatic N) is 4. The van der Waals surface area contributed by atoms with Crippen molar-refractivity contribution >= 4 is 28.4 Å². The van der Waals surface area contributed by atoms with Gasteiger partial charge in [-0.2, -0.15) is 0 Å². The molecular formula is C19H21N7O2. The molecule has 0 aromatic carbocycles. The number of amides is 1. The van der Waals surface area contributed by atoms with E-state index in [1.54, 1.807) is 16.9 Å². The second-order valence-corrected chi connectivity index (χ2v) is 7.60. The van der Waals surface area contributed by atoms with Crippen molar-refractivity contribution in [2.24, 2.45) is 0 Å². The summed E-state index contributed by atoms with van der Waals surface area (Å²) >= 11 is 0. The van der Waals surface area contributed by atoms with Gasteiger partial charge in [0.05, 0.1) is 5.39 Å². The Morgan fingerprint density at radius 1 is 1.25 bits per heavy atom. The average Bonchev–Trinajstić information content (AvgIpc) is 3.14. The quantitative estimate of drug-likeness (QED) is 0.626. The molecule has 9 heteroatoms. The molecule has 0 spiro atoms. The maximum atomic E-state index is 13.4. The van der Waals surface area contributed by atoms with E-state index in [0.29, 0.717) is 29.4 Å². The average molecular weight is 379 g/mol. The van der Waals surface area contributed by atoms with Crippen LogP contribution in [0.5, 0.6) is 0 Å². The highest BCUT2D eigenvalue weighted by molar-refractivity contribution is 5.96. The first-order chi connectivity index (χ1) is 13.5. The molecule has 1 atom stereocenters. The van der Waals surface area contributed by atoms with Gasteiger partial charge >= 0.3 is 0 Å². The Bertz CT molecular complexity index is 1160. The zero-order valence-corrected chi connectivity index (χ0v) is 15.7. The van der Waals surface area contributed by atoms with E-state index in [1.807, 2.05) is 24.9 Å². The molecule has 0 saturated carbocycles. The monoisotopic (exact) mass is 379 g/mol. The number of aromatic nitrogens is 4. The predicted molar refractivity (Wildman–Crippen MR) is 105 cm³/mol. The van der Waals surface area contributed by atoms with Crippen LogP contribution in [-0.4, -0.2) is 37.7 Å². The highest BCUT2D eigenvalue weighted by Crippen LogP contribution is 2.30. The number of carbonyl (C=O) groups excluding carboxylic acids is 1. The van der Waals surface area contributed by atoms with E-state index in [9.17, 15) is 9.59 Å². The molecule has 3 aromatic heterocycles. The predicted octanol–water partition coefficient (Wildman–Crippen LogP) is 1.75. The van der Waals surface area contributed by atoms with E-state index in [-0.39, 0.29) is 11.5 Å². The lowest BCUT2D eigenvalue weighted by Gasteiger charge is -2.50. The van der Waals surface area contributed by atoms with Crippen LogP contribution in [0.2, 0.25) is 0 Å². The fourth-order valence-corrected chi connectivity index (χ4v) is 4.28. The lowest BCUT2D eigenvalue weighted by Crippen LogP contribution is -2.71. The molecule has 1 fully saturated rings. The minimum atomic E-state index is -0.556. The number of carbonyl (C=O) groups is 1. The third kappa shape index (κ3) is 2.32. The van der Waals surface area contributed by atoms with Crippen LogP contribution < -0.4 is 21.2 Å². The van der Waals surface area contributed by atoms with Crippen molar-refractivity contribution in [1.29, 1.82) is 0 Å². The summed E-state index contributed by atoms with van der Waals surface area (Å²) in [6.07, 6.45) is 6.01. The molecule has 1 saturated heterocycles. The number of hydrogen-bond donors (Lipinski definition) is 3. The van der Waals surface area contributed by atoms with Crippen LogP contribution in [0.15, 0.2) is 29.5 Å². The Morgan fingerprint density at radius 3 is 2.96 bits per heavy atom. The molecule has 0 bridgehead atoms. The van der Waals surface area contributed by atoms with Crippen molar-refractivity contribution in [1.82, 2.24) is 24.9 Å². The summed E-state index contributed by atoms with van der Waals surface area (Å²) in [6, 6.07) is 3.57. The largest absolute Gasteiger partial charge is 0.346 e. The van der Waals surface area contributed by atoms with Crippen LogP contribution in [0.1, 0.15) is 42.2 Å². The lowest BCUT2D eigenvalue weighted by atomic mass is 9.96. The van der Waals surface area contributed by atoms with Crippen molar-refractivity contribution in [2.45, 2.75) is 38.8 Å². The van der Waals surface area contributed by atoms with E-state index < -0.39 is 5.66 Å². The summed E-state index contributed by atoms with van der Waals surface area (Å²) in [7, 11) is 0. The lowest BCUT2D eigenvalue weighted by molar-refractivity contribution is 0.0798. The van der Waals surface area contributed by atoms with Crippen molar-refractivity contribution in [2.75, 3.05) is 16.9 Å². The number of rotatable bonds is 2. The molecule has 28 heavy (non-hydrogen) atoms. The normalized spacial score (nSPS) is 21.2. The zero-order chi connectivity index (χ0) is 19.5. The summed E-state index contributed by atoms with van der Waals surface area (Å²) in [5.74, 6) is 0.335. The Kier molecular flexibility index (Phi) is 3.49. The second-order valence-electron chi connectivity index (χ2n) is 7.60. The summed E-state index contributed by atoms with van der Waals surface area (Å²) in [5.41, 5.74) is 1.38. The van der Waals surface area contributed by atoms with Gasteiger partial charge in [0.1, 0.15) is 34.8 Å². The molecule has 2 aliphatic rings. The topological polar surface area (TPSA) is 108 Å². The van der Waals surface area contributed by atoms with Crippen molar-refractivity contribution < 1.29 is 4.79 Å².